The second-order valence-corrected chi connectivity index (χ2v) is 4.66. The Morgan fingerprint density at radius 1 is 0.812 bits per heavy atom. The van der Waals surface area contributed by atoms with Crippen LogP contribution in [0.3, 0.4) is 0 Å². The molecule has 1 aromatic rings. The van der Waals surface area contributed by atoms with E-state index in [1.807, 2.05) is 0 Å². The molecule has 0 spiro atoms. The molecule has 0 fully saturated rings. The monoisotopic (exact) mass is 217 g/mol. The van der Waals surface area contributed by atoms with Crippen LogP contribution in [0.1, 0.15) is 63.5 Å². The molecule has 0 amide bonds. The fourth-order valence-electron chi connectivity index (χ4n) is 2.02. The Bertz CT molecular complexity index is 250. The summed E-state index contributed by atoms with van der Waals surface area (Å²) < 4.78 is 0. The van der Waals surface area contributed by atoms with E-state index in [0.717, 1.165) is 0 Å². The molecule has 0 heteroatoms. The van der Waals surface area contributed by atoms with Gasteiger partial charge in [0.15, 0.2) is 0 Å². The second-order valence-electron chi connectivity index (χ2n) is 4.66. The van der Waals surface area contributed by atoms with E-state index in [1.54, 1.807) is 0 Å². The SMILES string of the molecule is CCCCCc1c[c]cc(CCCCC)c1. The maximum absolute atomic E-state index is 3.28. The van der Waals surface area contributed by atoms with Crippen LogP contribution in [-0.4, -0.2) is 0 Å². The van der Waals surface area contributed by atoms with Crippen LogP contribution in [0.5, 0.6) is 0 Å². The molecule has 0 bridgehead atoms. The summed E-state index contributed by atoms with van der Waals surface area (Å²) in [7, 11) is 0. The Morgan fingerprint density at radius 2 is 1.31 bits per heavy atom. The van der Waals surface area contributed by atoms with Crippen molar-refractivity contribution in [1.82, 2.24) is 0 Å². The van der Waals surface area contributed by atoms with Crippen molar-refractivity contribution in [1.29, 1.82) is 0 Å². The predicted molar refractivity (Wildman–Crippen MR) is 71.7 cm³/mol. The summed E-state index contributed by atoms with van der Waals surface area (Å²) in [6.07, 6.45) is 10.4. The standard InChI is InChI=1S/C16H25/c1-3-5-7-10-15-12-9-13-16(14-15)11-8-6-4-2/h12-14H,3-8,10-11H2,1-2H3. The third-order valence-corrected chi connectivity index (χ3v) is 3.05. The summed E-state index contributed by atoms with van der Waals surface area (Å²) >= 11 is 0. The molecule has 0 nitrogen and oxygen atoms in total. The highest BCUT2D eigenvalue weighted by molar-refractivity contribution is 5.22. The zero-order valence-electron chi connectivity index (χ0n) is 10.9. The van der Waals surface area contributed by atoms with Crippen LogP contribution in [0.15, 0.2) is 18.2 Å². The number of aryl methyl sites for hydroxylation is 2. The van der Waals surface area contributed by atoms with Crippen molar-refractivity contribution in [3.8, 4) is 0 Å². The smallest absolute Gasteiger partial charge is 0.0178 e. The van der Waals surface area contributed by atoms with Gasteiger partial charge in [-0.2, -0.15) is 0 Å². The minimum absolute atomic E-state index is 1.23. The molecule has 0 aromatic heterocycles. The van der Waals surface area contributed by atoms with Crippen LogP contribution in [0.4, 0.5) is 0 Å². The second kappa shape index (κ2) is 8.38. The number of rotatable bonds is 8. The van der Waals surface area contributed by atoms with E-state index >= 15 is 0 Å². The highest BCUT2D eigenvalue weighted by atomic mass is 14.0. The molecule has 0 aliphatic carbocycles. The van der Waals surface area contributed by atoms with Gasteiger partial charge in [-0.3, -0.25) is 0 Å². The first-order valence-corrected chi connectivity index (χ1v) is 6.85. The minimum Gasteiger partial charge on any atom is -0.0654 e. The van der Waals surface area contributed by atoms with E-state index in [4.69, 9.17) is 0 Å². The van der Waals surface area contributed by atoms with Crippen LogP contribution < -0.4 is 0 Å². The third-order valence-electron chi connectivity index (χ3n) is 3.05. The highest BCUT2D eigenvalue weighted by Crippen LogP contribution is 2.12. The molecule has 16 heavy (non-hydrogen) atoms. The van der Waals surface area contributed by atoms with Crippen LogP contribution in [0.2, 0.25) is 0 Å². The van der Waals surface area contributed by atoms with Crippen molar-refractivity contribution >= 4 is 0 Å². The lowest BCUT2D eigenvalue weighted by Crippen LogP contribution is -1.90. The Kier molecular flexibility index (Phi) is 6.96. The van der Waals surface area contributed by atoms with Gasteiger partial charge >= 0.3 is 0 Å². The number of benzene rings is 1. The predicted octanol–water partition coefficient (Wildman–Crippen LogP) is 4.95. The fourth-order valence-corrected chi connectivity index (χ4v) is 2.02. The average molecular weight is 217 g/mol. The van der Waals surface area contributed by atoms with E-state index in [-0.39, 0.29) is 0 Å². The zero-order chi connectivity index (χ0) is 11.6. The summed E-state index contributed by atoms with van der Waals surface area (Å²) in [6, 6.07) is 9.96. The first-order chi connectivity index (χ1) is 7.86. The van der Waals surface area contributed by atoms with Gasteiger partial charge in [-0.05, 0) is 42.9 Å². The lowest BCUT2D eigenvalue weighted by Gasteiger charge is -2.04. The number of unbranched alkanes of at least 4 members (excludes halogenated alkanes) is 4. The third kappa shape index (κ3) is 5.34. The molecule has 1 aromatic carbocycles. The lowest BCUT2D eigenvalue weighted by atomic mass is 10.0. The normalized spacial score (nSPS) is 10.6. The summed E-state index contributed by atoms with van der Waals surface area (Å²) in [5.41, 5.74) is 2.95. The molecule has 0 unspecified atom stereocenters. The molecule has 1 radical (unpaired) electrons. The Hall–Kier alpha value is -0.780. The maximum Gasteiger partial charge on any atom is -0.0178 e. The van der Waals surface area contributed by atoms with Crippen molar-refractivity contribution < 1.29 is 0 Å². The first kappa shape index (κ1) is 13.3. The lowest BCUT2D eigenvalue weighted by molar-refractivity contribution is 0.708. The number of hydrogen-bond acceptors (Lipinski definition) is 0. The van der Waals surface area contributed by atoms with Gasteiger partial charge in [0.25, 0.3) is 0 Å². The van der Waals surface area contributed by atoms with Crippen molar-refractivity contribution in [2.24, 2.45) is 0 Å². The average Bonchev–Trinajstić information content (AvgIpc) is 2.30. The van der Waals surface area contributed by atoms with Gasteiger partial charge in [-0.1, -0.05) is 57.7 Å². The molecule has 0 N–H and O–H groups in total. The zero-order valence-corrected chi connectivity index (χ0v) is 10.9. The van der Waals surface area contributed by atoms with Gasteiger partial charge in [0, 0.05) is 0 Å². The molecular formula is C16H25. The number of hydrogen-bond donors (Lipinski definition) is 0. The summed E-state index contributed by atoms with van der Waals surface area (Å²) in [4.78, 5) is 0. The Morgan fingerprint density at radius 3 is 1.75 bits per heavy atom. The van der Waals surface area contributed by atoms with E-state index in [0.29, 0.717) is 0 Å². The maximum atomic E-state index is 3.28. The summed E-state index contributed by atoms with van der Waals surface area (Å²) in [6.45, 7) is 4.51. The van der Waals surface area contributed by atoms with Crippen LogP contribution in [-0.2, 0) is 12.8 Å². The molecule has 0 aliphatic rings. The van der Waals surface area contributed by atoms with Crippen molar-refractivity contribution in [3.05, 3.63) is 35.4 Å². The molecular weight excluding hydrogens is 192 g/mol. The quantitative estimate of drug-likeness (QED) is 0.540. The highest BCUT2D eigenvalue weighted by Gasteiger charge is 1.97. The van der Waals surface area contributed by atoms with Crippen molar-refractivity contribution in [2.75, 3.05) is 0 Å². The van der Waals surface area contributed by atoms with E-state index < -0.39 is 0 Å². The van der Waals surface area contributed by atoms with Crippen LogP contribution >= 0.6 is 0 Å². The minimum atomic E-state index is 1.23. The van der Waals surface area contributed by atoms with E-state index in [2.05, 4.69) is 38.1 Å². The molecule has 0 saturated heterocycles. The van der Waals surface area contributed by atoms with Gasteiger partial charge in [-0.15, -0.1) is 0 Å². The Labute approximate surface area is 101 Å². The largest absolute Gasteiger partial charge is 0.0654 e. The molecule has 0 saturated carbocycles. The first-order valence-electron chi connectivity index (χ1n) is 6.85. The van der Waals surface area contributed by atoms with Gasteiger partial charge < -0.3 is 0 Å². The summed E-state index contributed by atoms with van der Waals surface area (Å²) in [5.74, 6) is 0. The van der Waals surface area contributed by atoms with Crippen molar-refractivity contribution in [2.45, 2.75) is 65.2 Å². The fraction of sp³-hybridized carbons (Fsp3) is 0.625. The molecule has 0 atom stereocenters. The van der Waals surface area contributed by atoms with Crippen LogP contribution in [0.25, 0.3) is 0 Å². The topological polar surface area (TPSA) is 0 Å². The molecule has 1 rings (SSSR count). The van der Waals surface area contributed by atoms with Gasteiger partial charge in [0.05, 0.1) is 0 Å². The molecule has 0 heterocycles. The molecule has 0 aliphatic heterocycles. The van der Waals surface area contributed by atoms with Gasteiger partial charge in [-0.25, -0.2) is 0 Å². The van der Waals surface area contributed by atoms with E-state index in [9.17, 15) is 0 Å². The van der Waals surface area contributed by atoms with Gasteiger partial charge in [0.1, 0.15) is 0 Å². The van der Waals surface area contributed by atoms with Gasteiger partial charge in [0.2, 0.25) is 0 Å². The molecule has 89 valence electrons. The van der Waals surface area contributed by atoms with Crippen LogP contribution in [0, 0.1) is 6.07 Å². The van der Waals surface area contributed by atoms with E-state index in [1.165, 1.54) is 62.5 Å². The summed E-state index contributed by atoms with van der Waals surface area (Å²) in [5, 5.41) is 0. The van der Waals surface area contributed by atoms with Crippen molar-refractivity contribution in [3.63, 3.8) is 0 Å². The Balaban J connectivity index is 2.37.